The summed E-state index contributed by atoms with van der Waals surface area (Å²) in [4.78, 5) is 4.14. The van der Waals surface area contributed by atoms with Crippen LogP contribution in [0.25, 0.3) is 17.2 Å². The zero-order valence-corrected chi connectivity index (χ0v) is 15.2. The predicted molar refractivity (Wildman–Crippen MR) is 99.1 cm³/mol. The molecule has 4 heterocycles. The molecule has 6 heteroatoms. The third-order valence-corrected chi connectivity index (χ3v) is 6.06. The fraction of sp³-hybridized carbons (Fsp3) is 0.500. The van der Waals surface area contributed by atoms with Crippen LogP contribution < -0.4 is 0 Å². The second-order valence-corrected chi connectivity index (χ2v) is 7.47. The van der Waals surface area contributed by atoms with E-state index in [1.807, 2.05) is 29.2 Å². The van der Waals surface area contributed by atoms with Crippen LogP contribution in [0.15, 0.2) is 30.7 Å². The summed E-state index contributed by atoms with van der Waals surface area (Å²) in [7, 11) is 0. The van der Waals surface area contributed by atoms with E-state index in [9.17, 15) is 0 Å². The van der Waals surface area contributed by atoms with Gasteiger partial charge in [-0.05, 0) is 30.9 Å². The Morgan fingerprint density at radius 1 is 1.08 bits per heavy atom. The van der Waals surface area contributed by atoms with Gasteiger partial charge < -0.3 is 4.57 Å². The number of aromatic nitrogens is 6. The van der Waals surface area contributed by atoms with Gasteiger partial charge in [-0.1, -0.05) is 26.2 Å². The van der Waals surface area contributed by atoms with Crippen LogP contribution in [0.4, 0.5) is 0 Å². The molecule has 0 aromatic carbocycles. The molecule has 1 unspecified atom stereocenters. The highest BCUT2D eigenvalue weighted by molar-refractivity contribution is 5.62. The second kappa shape index (κ2) is 6.34. The first-order chi connectivity index (χ1) is 12.9. The minimum Gasteiger partial charge on any atom is -0.309 e. The minimum absolute atomic E-state index is 0.509. The van der Waals surface area contributed by atoms with Crippen molar-refractivity contribution in [1.29, 1.82) is 0 Å². The molecule has 3 aromatic rings. The number of aryl methyl sites for hydroxylation is 1. The minimum atomic E-state index is 0.509. The Hall–Kier alpha value is -2.50. The van der Waals surface area contributed by atoms with Gasteiger partial charge in [-0.3, -0.25) is 4.98 Å². The van der Waals surface area contributed by atoms with Gasteiger partial charge in [-0.15, -0.1) is 10.2 Å². The lowest BCUT2D eigenvalue weighted by molar-refractivity contribution is 0.280. The molecule has 1 saturated carbocycles. The first kappa shape index (κ1) is 15.7. The van der Waals surface area contributed by atoms with Crippen LogP contribution in [-0.4, -0.2) is 29.5 Å². The lowest BCUT2D eigenvalue weighted by Gasteiger charge is -2.34. The van der Waals surface area contributed by atoms with Crippen molar-refractivity contribution < 1.29 is 0 Å². The zero-order chi connectivity index (χ0) is 17.5. The lowest BCUT2D eigenvalue weighted by Crippen LogP contribution is -2.26. The molecule has 0 bridgehead atoms. The van der Waals surface area contributed by atoms with Crippen molar-refractivity contribution in [2.24, 2.45) is 5.92 Å². The molecule has 1 atom stereocenters. The maximum absolute atomic E-state index is 4.75. The van der Waals surface area contributed by atoms with Crippen molar-refractivity contribution in [1.82, 2.24) is 29.5 Å². The van der Waals surface area contributed by atoms with Crippen molar-refractivity contribution in [2.45, 2.75) is 57.9 Å². The molecule has 0 spiro atoms. The van der Waals surface area contributed by atoms with Gasteiger partial charge >= 0.3 is 0 Å². The lowest BCUT2D eigenvalue weighted by atomic mass is 9.75. The van der Waals surface area contributed by atoms with Gasteiger partial charge in [0.15, 0.2) is 5.82 Å². The Morgan fingerprint density at radius 2 is 1.88 bits per heavy atom. The van der Waals surface area contributed by atoms with E-state index in [0.717, 1.165) is 41.9 Å². The Labute approximate surface area is 153 Å². The van der Waals surface area contributed by atoms with Gasteiger partial charge in [-0.2, -0.15) is 5.10 Å². The highest BCUT2D eigenvalue weighted by atomic mass is 15.3. The van der Waals surface area contributed by atoms with Gasteiger partial charge in [0, 0.05) is 36.8 Å². The smallest absolute Gasteiger partial charge is 0.183 e. The summed E-state index contributed by atoms with van der Waals surface area (Å²) >= 11 is 0. The number of rotatable bonds is 3. The van der Waals surface area contributed by atoms with Gasteiger partial charge in [0.1, 0.15) is 11.5 Å². The number of pyridine rings is 1. The van der Waals surface area contributed by atoms with Crippen LogP contribution in [0.2, 0.25) is 0 Å². The fourth-order valence-corrected chi connectivity index (χ4v) is 4.74. The van der Waals surface area contributed by atoms with E-state index in [4.69, 9.17) is 5.10 Å². The summed E-state index contributed by atoms with van der Waals surface area (Å²) < 4.78 is 4.35. The Bertz CT molecular complexity index is 904. The molecule has 1 aliphatic carbocycles. The van der Waals surface area contributed by atoms with Crippen molar-refractivity contribution in [2.75, 3.05) is 0 Å². The van der Waals surface area contributed by atoms with E-state index in [0.29, 0.717) is 5.92 Å². The number of hydrogen-bond donors (Lipinski definition) is 0. The van der Waals surface area contributed by atoms with Crippen LogP contribution in [0, 0.1) is 5.92 Å². The molecule has 2 aliphatic rings. The van der Waals surface area contributed by atoms with E-state index in [1.165, 1.54) is 37.7 Å². The van der Waals surface area contributed by atoms with Crippen LogP contribution in [0.5, 0.6) is 0 Å². The molecule has 0 N–H and O–H groups in total. The highest BCUT2D eigenvalue weighted by Crippen LogP contribution is 2.44. The van der Waals surface area contributed by atoms with E-state index in [2.05, 4.69) is 32.9 Å². The standard InChI is InChI=1S/C20H24N6/c1-2-18-23-24-20-19-16(12-22-26(19)15-8-10-21-11-9-15)17(13-25(18)20)14-6-4-3-5-7-14/h8-12,14,17H,2-7,13H2,1H3. The molecule has 3 aromatic heterocycles. The molecule has 1 fully saturated rings. The third-order valence-electron chi connectivity index (χ3n) is 6.06. The van der Waals surface area contributed by atoms with Crippen LogP contribution in [0.3, 0.4) is 0 Å². The first-order valence-corrected chi connectivity index (χ1v) is 9.77. The van der Waals surface area contributed by atoms with Crippen LogP contribution in [-0.2, 0) is 13.0 Å². The van der Waals surface area contributed by atoms with Crippen molar-refractivity contribution in [3.8, 4) is 17.2 Å². The molecule has 6 nitrogen and oxygen atoms in total. The van der Waals surface area contributed by atoms with E-state index in [1.54, 1.807) is 0 Å². The SMILES string of the molecule is CCc1nnc2n1CC(C1CCCCC1)c1cnn(-c3ccncc3)c1-2. The Morgan fingerprint density at radius 3 is 2.65 bits per heavy atom. The largest absolute Gasteiger partial charge is 0.309 e. The first-order valence-electron chi connectivity index (χ1n) is 9.77. The molecule has 26 heavy (non-hydrogen) atoms. The van der Waals surface area contributed by atoms with Gasteiger partial charge in [0.05, 0.1) is 11.9 Å². The molecule has 134 valence electrons. The molecule has 5 rings (SSSR count). The maximum Gasteiger partial charge on any atom is 0.183 e. The summed E-state index contributed by atoms with van der Waals surface area (Å²) in [5.41, 5.74) is 3.49. The van der Waals surface area contributed by atoms with Crippen LogP contribution in [0.1, 0.15) is 56.3 Å². The number of hydrogen-bond acceptors (Lipinski definition) is 4. The van der Waals surface area contributed by atoms with Gasteiger partial charge in [0.2, 0.25) is 0 Å². The van der Waals surface area contributed by atoms with Gasteiger partial charge in [0.25, 0.3) is 0 Å². The summed E-state index contributed by atoms with van der Waals surface area (Å²) in [5, 5.41) is 13.8. The molecular weight excluding hydrogens is 324 g/mol. The second-order valence-electron chi connectivity index (χ2n) is 7.47. The molecule has 1 aliphatic heterocycles. The van der Waals surface area contributed by atoms with E-state index in [-0.39, 0.29) is 0 Å². The predicted octanol–water partition coefficient (Wildman–Crippen LogP) is 3.77. The summed E-state index contributed by atoms with van der Waals surface area (Å²) in [5.74, 6) is 3.28. The third kappa shape index (κ3) is 2.39. The maximum atomic E-state index is 4.75. The quantitative estimate of drug-likeness (QED) is 0.723. The van der Waals surface area contributed by atoms with E-state index >= 15 is 0 Å². The fourth-order valence-electron chi connectivity index (χ4n) is 4.74. The molecule has 0 saturated heterocycles. The normalized spacial score (nSPS) is 20.0. The van der Waals surface area contributed by atoms with E-state index < -0.39 is 0 Å². The van der Waals surface area contributed by atoms with Crippen molar-refractivity contribution >= 4 is 0 Å². The van der Waals surface area contributed by atoms with Crippen LogP contribution >= 0.6 is 0 Å². The van der Waals surface area contributed by atoms with Gasteiger partial charge in [-0.25, -0.2) is 4.68 Å². The summed E-state index contributed by atoms with van der Waals surface area (Å²) in [6.45, 7) is 3.15. The number of nitrogens with zero attached hydrogens (tertiary/aromatic N) is 6. The van der Waals surface area contributed by atoms with Crippen molar-refractivity contribution in [3.63, 3.8) is 0 Å². The van der Waals surface area contributed by atoms with Crippen molar-refractivity contribution in [3.05, 3.63) is 42.1 Å². The Kier molecular flexibility index (Phi) is 3.84. The monoisotopic (exact) mass is 348 g/mol. The average molecular weight is 348 g/mol. The highest BCUT2D eigenvalue weighted by Gasteiger charge is 2.36. The molecular formula is C20H24N6. The summed E-state index contributed by atoms with van der Waals surface area (Å²) in [6.07, 6.45) is 13.3. The Balaban J connectivity index is 1.67. The number of fused-ring (bicyclic) bond motifs is 3. The summed E-state index contributed by atoms with van der Waals surface area (Å²) in [6, 6.07) is 4.00. The molecule has 0 amide bonds. The molecule has 0 radical (unpaired) electrons. The topological polar surface area (TPSA) is 61.4 Å². The average Bonchev–Trinajstić information content (AvgIpc) is 3.32. The zero-order valence-electron chi connectivity index (χ0n) is 15.2.